The smallest absolute Gasteiger partial charge is 0.256 e. The van der Waals surface area contributed by atoms with E-state index in [9.17, 15) is 9.59 Å². The summed E-state index contributed by atoms with van der Waals surface area (Å²) in [5, 5.41) is 8.10. The van der Waals surface area contributed by atoms with E-state index in [2.05, 4.69) is 17.3 Å². The van der Waals surface area contributed by atoms with Crippen molar-refractivity contribution in [1.82, 2.24) is 19.7 Å². The largest absolute Gasteiger partial charge is 0.349 e. The molecule has 1 fully saturated rings. The van der Waals surface area contributed by atoms with E-state index in [-0.39, 0.29) is 22.9 Å². The quantitative estimate of drug-likeness (QED) is 0.754. The van der Waals surface area contributed by atoms with Crippen LogP contribution in [0.25, 0.3) is 11.0 Å². The fourth-order valence-electron chi connectivity index (χ4n) is 4.20. The van der Waals surface area contributed by atoms with Gasteiger partial charge in [0.05, 0.1) is 11.1 Å². The summed E-state index contributed by atoms with van der Waals surface area (Å²) in [7, 11) is 1.86. The third-order valence-electron chi connectivity index (χ3n) is 5.66. The van der Waals surface area contributed by atoms with Gasteiger partial charge in [-0.2, -0.15) is 5.10 Å². The lowest BCUT2D eigenvalue weighted by Gasteiger charge is -2.23. The summed E-state index contributed by atoms with van der Waals surface area (Å²) < 4.78 is 3.80. The van der Waals surface area contributed by atoms with Crippen molar-refractivity contribution >= 4 is 16.9 Å². The maximum Gasteiger partial charge on any atom is 0.256 e. The number of pyridine rings is 1. The number of aromatic nitrogens is 3. The summed E-state index contributed by atoms with van der Waals surface area (Å²) in [6.07, 6.45) is 11.8. The predicted molar refractivity (Wildman–Crippen MR) is 108 cm³/mol. The first-order valence-electron chi connectivity index (χ1n) is 10.4. The second-order valence-corrected chi connectivity index (χ2v) is 7.84. The van der Waals surface area contributed by atoms with E-state index >= 15 is 0 Å². The molecule has 2 aromatic rings. The standard InChI is InChI=1S/C21H32N4O2/c1-4-5-6-10-13-25-14-17(20(27)22-16-11-8-7-9-12-16)19(26)18-15(2)23-24(3)21(18)25/h14,16H,4-13H2,1-3H3,(H,22,27). The topological polar surface area (TPSA) is 68.9 Å². The monoisotopic (exact) mass is 372 g/mol. The van der Waals surface area contributed by atoms with Crippen LogP contribution in [0.5, 0.6) is 0 Å². The van der Waals surface area contributed by atoms with Gasteiger partial charge in [-0.1, -0.05) is 45.4 Å². The van der Waals surface area contributed by atoms with Crippen LogP contribution in [-0.4, -0.2) is 26.3 Å². The van der Waals surface area contributed by atoms with E-state index in [0.29, 0.717) is 11.1 Å². The summed E-state index contributed by atoms with van der Waals surface area (Å²) in [6, 6.07) is 0.189. The van der Waals surface area contributed by atoms with Gasteiger partial charge in [0.25, 0.3) is 5.91 Å². The number of rotatable bonds is 7. The summed E-state index contributed by atoms with van der Waals surface area (Å²) in [6.45, 7) is 4.82. The highest BCUT2D eigenvalue weighted by atomic mass is 16.2. The third-order valence-corrected chi connectivity index (χ3v) is 5.66. The first-order chi connectivity index (χ1) is 13.0. The van der Waals surface area contributed by atoms with Crippen LogP contribution in [-0.2, 0) is 13.6 Å². The lowest BCUT2D eigenvalue weighted by atomic mass is 9.95. The Bertz CT molecular complexity index is 859. The van der Waals surface area contributed by atoms with Gasteiger partial charge >= 0.3 is 0 Å². The molecule has 1 N–H and O–H groups in total. The Hall–Kier alpha value is -2.11. The van der Waals surface area contributed by atoms with Gasteiger partial charge in [-0.3, -0.25) is 14.3 Å². The zero-order valence-corrected chi connectivity index (χ0v) is 16.9. The maximum atomic E-state index is 13.0. The lowest BCUT2D eigenvalue weighted by molar-refractivity contribution is 0.0926. The minimum atomic E-state index is -0.237. The number of carbonyl (C=O) groups excluding carboxylic acids is 1. The van der Waals surface area contributed by atoms with E-state index in [1.165, 1.54) is 19.3 Å². The summed E-state index contributed by atoms with van der Waals surface area (Å²) in [5.41, 5.74) is 1.55. The fraction of sp³-hybridized carbons (Fsp3) is 0.667. The minimum Gasteiger partial charge on any atom is -0.349 e. The number of aryl methyl sites for hydroxylation is 3. The fourth-order valence-corrected chi connectivity index (χ4v) is 4.20. The number of amides is 1. The first-order valence-corrected chi connectivity index (χ1v) is 10.4. The maximum absolute atomic E-state index is 13.0. The molecule has 3 rings (SSSR count). The lowest BCUT2D eigenvalue weighted by Crippen LogP contribution is -2.38. The van der Waals surface area contributed by atoms with E-state index in [0.717, 1.165) is 50.7 Å². The normalized spacial score (nSPS) is 15.4. The summed E-state index contributed by atoms with van der Waals surface area (Å²) in [5.74, 6) is -0.237. The highest BCUT2D eigenvalue weighted by molar-refractivity contribution is 5.97. The molecule has 0 saturated heterocycles. The van der Waals surface area contributed by atoms with Crippen molar-refractivity contribution in [2.75, 3.05) is 0 Å². The van der Waals surface area contributed by atoms with Gasteiger partial charge in [-0.05, 0) is 26.2 Å². The molecule has 0 unspecified atom stereocenters. The molecular weight excluding hydrogens is 340 g/mol. The molecule has 6 nitrogen and oxygen atoms in total. The third kappa shape index (κ3) is 4.25. The van der Waals surface area contributed by atoms with E-state index < -0.39 is 0 Å². The molecule has 1 saturated carbocycles. The Balaban J connectivity index is 1.94. The summed E-state index contributed by atoms with van der Waals surface area (Å²) >= 11 is 0. The Morgan fingerprint density at radius 3 is 2.67 bits per heavy atom. The molecular formula is C21H32N4O2. The molecule has 0 aliphatic heterocycles. The van der Waals surface area contributed by atoms with Crippen LogP contribution in [0.4, 0.5) is 0 Å². The second kappa shape index (κ2) is 8.72. The zero-order valence-electron chi connectivity index (χ0n) is 16.9. The van der Waals surface area contributed by atoms with Gasteiger partial charge in [-0.25, -0.2) is 0 Å². The molecule has 148 valence electrons. The Labute approximate surface area is 160 Å². The average Bonchev–Trinajstić information content (AvgIpc) is 2.96. The van der Waals surface area contributed by atoms with E-state index in [4.69, 9.17) is 0 Å². The number of fused-ring (bicyclic) bond motifs is 1. The molecule has 2 aromatic heterocycles. The second-order valence-electron chi connectivity index (χ2n) is 7.84. The number of hydrogen-bond donors (Lipinski definition) is 1. The Morgan fingerprint density at radius 1 is 1.22 bits per heavy atom. The van der Waals surface area contributed by atoms with Crippen molar-refractivity contribution < 1.29 is 4.79 Å². The van der Waals surface area contributed by atoms with Gasteiger partial charge in [0, 0.05) is 25.8 Å². The molecule has 6 heteroatoms. The molecule has 2 heterocycles. The molecule has 0 atom stereocenters. The van der Waals surface area contributed by atoms with Crippen LogP contribution >= 0.6 is 0 Å². The number of hydrogen-bond acceptors (Lipinski definition) is 3. The average molecular weight is 373 g/mol. The van der Waals surface area contributed by atoms with Crippen molar-refractivity contribution in [3.05, 3.63) is 27.7 Å². The SMILES string of the molecule is CCCCCCn1cc(C(=O)NC2CCCCC2)c(=O)c2c(C)nn(C)c21. The van der Waals surface area contributed by atoms with Gasteiger partial charge in [-0.15, -0.1) is 0 Å². The molecule has 0 aromatic carbocycles. The van der Waals surface area contributed by atoms with Gasteiger partial charge in [0.15, 0.2) is 0 Å². The highest BCUT2D eigenvalue weighted by Crippen LogP contribution is 2.19. The van der Waals surface area contributed by atoms with Crippen molar-refractivity contribution in [2.24, 2.45) is 7.05 Å². The van der Waals surface area contributed by atoms with Crippen LogP contribution in [0, 0.1) is 6.92 Å². The molecule has 0 radical (unpaired) electrons. The number of nitrogens with zero attached hydrogens (tertiary/aromatic N) is 3. The van der Waals surface area contributed by atoms with Crippen molar-refractivity contribution in [2.45, 2.75) is 84.2 Å². The van der Waals surface area contributed by atoms with E-state index in [1.54, 1.807) is 10.9 Å². The molecule has 1 aliphatic carbocycles. The number of carbonyl (C=O) groups is 1. The van der Waals surface area contributed by atoms with Crippen molar-refractivity contribution in [3.8, 4) is 0 Å². The van der Waals surface area contributed by atoms with Crippen LogP contribution in [0.3, 0.4) is 0 Å². The molecule has 1 aliphatic rings. The van der Waals surface area contributed by atoms with Crippen molar-refractivity contribution in [1.29, 1.82) is 0 Å². The number of unbranched alkanes of at least 4 members (excludes halogenated alkanes) is 3. The van der Waals surface area contributed by atoms with Gasteiger partial charge < -0.3 is 9.88 Å². The van der Waals surface area contributed by atoms with Crippen LogP contribution < -0.4 is 10.7 Å². The first kappa shape index (κ1) is 19.6. The van der Waals surface area contributed by atoms with Crippen LogP contribution in [0.1, 0.15) is 80.8 Å². The zero-order chi connectivity index (χ0) is 19.4. The number of nitrogens with one attached hydrogen (secondary N) is 1. The molecule has 0 spiro atoms. The van der Waals surface area contributed by atoms with Gasteiger partial charge in [0.1, 0.15) is 11.2 Å². The van der Waals surface area contributed by atoms with Crippen LogP contribution in [0.15, 0.2) is 11.0 Å². The highest BCUT2D eigenvalue weighted by Gasteiger charge is 2.22. The Morgan fingerprint density at radius 2 is 1.96 bits per heavy atom. The van der Waals surface area contributed by atoms with Crippen molar-refractivity contribution in [3.63, 3.8) is 0 Å². The van der Waals surface area contributed by atoms with Gasteiger partial charge in [0.2, 0.25) is 5.43 Å². The molecule has 0 bridgehead atoms. The summed E-state index contributed by atoms with van der Waals surface area (Å²) in [4.78, 5) is 25.9. The predicted octanol–water partition coefficient (Wildman–Crippen LogP) is 3.69. The minimum absolute atomic E-state index is 0.189. The van der Waals surface area contributed by atoms with E-state index in [1.807, 2.05) is 18.5 Å². The van der Waals surface area contributed by atoms with Crippen LogP contribution in [0.2, 0.25) is 0 Å². The molecule has 1 amide bonds. The Kier molecular flexibility index (Phi) is 6.34. The molecule has 27 heavy (non-hydrogen) atoms.